The maximum Gasteiger partial charge on any atom is 0.266 e. The standard InChI is InChI=1S/C22H18FN5O3/c23-16-5-2-1-4-15(16)17(12-24)26-20(29)14-7-9-28(10-8-14)22-18(13-25)27-21(31-22)19-6-3-11-30-19/h1-6,11,14,17H,7-10H2,(H,26,29). The van der Waals surface area contributed by atoms with Crippen LogP contribution in [-0.2, 0) is 4.79 Å². The van der Waals surface area contributed by atoms with E-state index in [-0.39, 0.29) is 29.0 Å². The summed E-state index contributed by atoms with van der Waals surface area (Å²) in [5.74, 6) is -0.188. The number of carbonyl (C=O) groups is 1. The lowest BCUT2D eigenvalue weighted by atomic mass is 9.95. The Morgan fingerprint density at radius 3 is 2.65 bits per heavy atom. The van der Waals surface area contributed by atoms with Crippen molar-refractivity contribution in [2.75, 3.05) is 18.0 Å². The van der Waals surface area contributed by atoms with Gasteiger partial charge in [-0.05, 0) is 31.0 Å². The molecule has 1 aliphatic heterocycles. The molecule has 1 N–H and O–H groups in total. The Balaban J connectivity index is 1.41. The predicted octanol–water partition coefficient (Wildman–Crippen LogP) is 3.54. The van der Waals surface area contributed by atoms with Gasteiger partial charge in [-0.2, -0.15) is 15.5 Å². The molecule has 4 rings (SSSR count). The third kappa shape index (κ3) is 4.12. The largest absolute Gasteiger partial charge is 0.459 e. The highest BCUT2D eigenvalue weighted by Crippen LogP contribution is 2.31. The summed E-state index contributed by atoms with van der Waals surface area (Å²) in [6.07, 6.45) is 2.47. The first-order valence-electron chi connectivity index (χ1n) is 9.75. The fourth-order valence-electron chi connectivity index (χ4n) is 3.60. The lowest BCUT2D eigenvalue weighted by Crippen LogP contribution is -2.41. The number of oxazole rings is 1. The lowest BCUT2D eigenvalue weighted by molar-refractivity contribution is -0.126. The van der Waals surface area contributed by atoms with E-state index < -0.39 is 11.9 Å². The Hall–Kier alpha value is -4.11. The van der Waals surface area contributed by atoms with Crippen molar-refractivity contribution in [3.05, 3.63) is 59.7 Å². The summed E-state index contributed by atoms with van der Waals surface area (Å²) in [6, 6.07) is 12.2. The molecule has 0 spiro atoms. The van der Waals surface area contributed by atoms with E-state index in [1.165, 1.54) is 24.5 Å². The lowest BCUT2D eigenvalue weighted by Gasteiger charge is -2.31. The van der Waals surface area contributed by atoms with Crippen molar-refractivity contribution in [2.45, 2.75) is 18.9 Å². The van der Waals surface area contributed by atoms with E-state index in [2.05, 4.69) is 10.3 Å². The molecule has 3 aromatic rings. The van der Waals surface area contributed by atoms with Gasteiger partial charge in [0.25, 0.3) is 5.89 Å². The molecule has 1 saturated heterocycles. The quantitative estimate of drug-likeness (QED) is 0.672. The average Bonchev–Trinajstić information content (AvgIpc) is 3.48. The van der Waals surface area contributed by atoms with Gasteiger partial charge in [-0.25, -0.2) is 4.39 Å². The second-order valence-corrected chi connectivity index (χ2v) is 7.12. The normalized spacial score (nSPS) is 15.1. The number of hydrogen-bond acceptors (Lipinski definition) is 7. The molecule has 0 aliphatic carbocycles. The van der Waals surface area contributed by atoms with Crippen LogP contribution in [0.15, 0.2) is 51.5 Å². The van der Waals surface area contributed by atoms with E-state index in [0.29, 0.717) is 37.6 Å². The van der Waals surface area contributed by atoms with Gasteiger partial charge in [-0.1, -0.05) is 18.2 Å². The number of aromatic nitrogens is 1. The number of nitriles is 2. The van der Waals surface area contributed by atoms with Gasteiger partial charge in [0.2, 0.25) is 17.5 Å². The number of carbonyl (C=O) groups excluding carboxylic acids is 1. The molecule has 1 aliphatic rings. The van der Waals surface area contributed by atoms with E-state index >= 15 is 0 Å². The van der Waals surface area contributed by atoms with Crippen LogP contribution in [0.3, 0.4) is 0 Å². The number of nitrogens with zero attached hydrogens (tertiary/aromatic N) is 4. The van der Waals surface area contributed by atoms with Crippen molar-refractivity contribution in [1.82, 2.24) is 10.3 Å². The van der Waals surface area contributed by atoms with Crippen LogP contribution in [0, 0.1) is 34.4 Å². The first kappa shape index (κ1) is 20.2. The van der Waals surface area contributed by atoms with Crippen molar-refractivity contribution < 1.29 is 18.0 Å². The van der Waals surface area contributed by atoms with Crippen LogP contribution >= 0.6 is 0 Å². The van der Waals surface area contributed by atoms with Crippen molar-refractivity contribution in [3.63, 3.8) is 0 Å². The van der Waals surface area contributed by atoms with E-state index in [0.717, 1.165) is 0 Å². The molecule has 1 unspecified atom stereocenters. The molecule has 3 heterocycles. The minimum atomic E-state index is -1.05. The molecular formula is C22H18FN5O3. The Labute approximate surface area is 177 Å². The molecule has 2 aromatic heterocycles. The number of piperidine rings is 1. The number of furan rings is 1. The molecule has 9 heteroatoms. The summed E-state index contributed by atoms with van der Waals surface area (Å²) in [7, 11) is 0. The fourth-order valence-corrected chi connectivity index (χ4v) is 3.60. The van der Waals surface area contributed by atoms with E-state index in [1.807, 2.05) is 17.0 Å². The Kier molecular flexibility index (Phi) is 5.67. The number of hydrogen-bond donors (Lipinski definition) is 1. The Morgan fingerprint density at radius 2 is 2.00 bits per heavy atom. The van der Waals surface area contributed by atoms with E-state index in [1.54, 1.807) is 18.2 Å². The monoisotopic (exact) mass is 419 g/mol. The number of halogens is 1. The molecular weight excluding hydrogens is 401 g/mol. The van der Waals surface area contributed by atoms with Crippen molar-refractivity contribution in [3.8, 4) is 23.8 Å². The third-order valence-electron chi connectivity index (χ3n) is 5.23. The molecule has 1 amide bonds. The van der Waals surface area contributed by atoms with Gasteiger partial charge >= 0.3 is 0 Å². The van der Waals surface area contributed by atoms with Crippen LogP contribution in [0.25, 0.3) is 11.7 Å². The molecule has 1 fully saturated rings. The summed E-state index contributed by atoms with van der Waals surface area (Å²) in [6.45, 7) is 0.937. The minimum absolute atomic E-state index is 0.140. The summed E-state index contributed by atoms with van der Waals surface area (Å²) in [5.41, 5.74) is 0.292. The van der Waals surface area contributed by atoms with E-state index in [4.69, 9.17) is 8.83 Å². The van der Waals surface area contributed by atoms with Crippen LogP contribution in [0.2, 0.25) is 0 Å². The molecule has 31 heavy (non-hydrogen) atoms. The van der Waals surface area contributed by atoms with Gasteiger partial charge in [0.1, 0.15) is 17.9 Å². The number of anilines is 1. The zero-order valence-corrected chi connectivity index (χ0v) is 16.4. The first-order chi connectivity index (χ1) is 15.1. The number of benzene rings is 1. The van der Waals surface area contributed by atoms with Crippen molar-refractivity contribution in [1.29, 1.82) is 10.5 Å². The van der Waals surface area contributed by atoms with Gasteiger partial charge in [0.05, 0.1) is 12.3 Å². The molecule has 8 nitrogen and oxygen atoms in total. The highest BCUT2D eigenvalue weighted by atomic mass is 19.1. The SMILES string of the molecule is N#Cc1nc(-c2ccco2)oc1N1CCC(C(=O)NC(C#N)c2ccccc2F)CC1. The zero-order valence-electron chi connectivity index (χ0n) is 16.4. The van der Waals surface area contributed by atoms with Crippen molar-refractivity contribution >= 4 is 11.8 Å². The molecule has 0 bridgehead atoms. The minimum Gasteiger partial charge on any atom is -0.459 e. The van der Waals surface area contributed by atoms with Gasteiger partial charge < -0.3 is 19.1 Å². The molecule has 156 valence electrons. The second kappa shape index (κ2) is 8.72. The second-order valence-electron chi connectivity index (χ2n) is 7.12. The van der Waals surface area contributed by atoms with Crippen LogP contribution in [0.5, 0.6) is 0 Å². The number of nitrogens with one attached hydrogen (secondary N) is 1. The fraction of sp³-hybridized carbons (Fsp3) is 0.273. The van der Waals surface area contributed by atoms with Gasteiger partial charge in [-0.15, -0.1) is 0 Å². The highest BCUT2D eigenvalue weighted by molar-refractivity contribution is 5.80. The van der Waals surface area contributed by atoms with Crippen LogP contribution in [0.1, 0.15) is 30.1 Å². The predicted molar refractivity (Wildman–Crippen MR) is 107 cm³/mol. The maximum atomic E-state index is 14.0. The third-order valence-corrected chi connectivity index (χ3v) is 5.23. The van der Waals surface area contributed by atoms with Crippen LogP contribution in [0.4, 0.5) is 10.3 Å². The highest BCUT2D eigenvalue weighted by Gasteiger charge is 2.30. The van der Waals surface area contributed by atoms with Crippen LogP contribution < -0.4 is 10.2 Å². The van der Waals surface area contributed by atoms with E-state index in [9.17, 15) is 19.7 Å². The topological polar surface area (TPSA) is 119 Å². The Bertz CT molecular complexity index is 1150. The average molecular weight is 419 g/mol. The molecule has 0 radical (unpaired) electrons. The smallest absolute Gasteiger partial charge is 0.266 e. The molecule has 0 saturated carbocycles. The number of amides is 1. The zero-order chi connectivity index (χ0) is 21.8. The molecule has 1 atom stereocenters. The van der Waals surface area contributed by atoms with Gasteiger partial charge in [0, 0.05) is 24.6 Å². The van der Waals surface area contributed by atoms with Gasteiger partial charge in [0.15, 0.2) is 5.76 Å². The molecule has 1 aromatic carbocycles. The summed E-state index contributed by atoms with van der Waals surface area (Å²) in [4.78, 5) is 18.7. The summed E-state index contributed by atoms with van der Waals surface area (Å²) in [5, 5.41) is 21.4. The summed E-state index contributed by atoms with van der Waals surface area (Å²) >= 11 is 0. The summed E-state index contributed by atoms with van der Waals surface area (Å²) < 4.78 is 25.0. The maximum absolute atomic E-state index is 14.0. The van der Waals surface area contributed by atoms with Crippen molar-refractivity contribution in [2.24, 2.45) is 5.92 Å². The number of rotatable bonds is 5. The van der Waals surface area contributed by atoms with Gasteiger partial charge in [-0.3, -0.25) is 4.79 Å². The Morgan fingerprint density at radius 1 is 1.23 bits per heavy atom. The first-order valence-corrected chi connectivity index (χ1v) is 9.75. The van der Waals surface area contributed by atoms with Crippen LogP contribution in [-0.4, -0.2) is 24.0 Å².